The van der Waals surface area contributed by atoms with E-state index in [2.05, 4.69) is 25.7 Å². The summed E-state index contributed by atoms with van der Waals surface area (Å²) in [5.41, 5.74) is 4.63. The average Bonchev–Trinajstić information content (AvgIpc) is 3.76. The van der Waals surface area contributed by atoms with E-state index in [9.17, 15) is 24.3 Å². The van der Waals surface area contributed by atoms with Crippen molar-refractivity contribution < 1.29 is 33.4 Å². The number of hydrogen-bond acceptors (Lipinski definition) is 9. The number of amides is 2. The van der Waals surface area contributed by atoms with Gasteiger partial charge in [0.2, 0.25) is 5.91 Å². The standard InChI is InChI=1S/C41H37ClFN7O6/c42-34-13-14-35(50-25-45-46-47-50)33(38(34)43)12-15-37(52)49-18-16-31-30(27-8-10-28(11-9-27)40(53)44-17-19-48-20-22-56-23-21-48)2-1-3-32(31)39(49)36(51)24-26-4-6-29(7-5-26)41(54)55/h1-15,25,39H,16-24H2,(H,44,53)(H,54,55)/b15-12+. The van der Waals surface area contributed by atoms with Gasteiger partial charge in [0.1, 0.15) is 12.4 Å². The Kier molecular flexibility index (Phi) is 11.7. The SMILES string of the molecule is O=C(O)c1ccc(CC(=O)C2c3cccc(-c4ccc(C(=O)NCCN5CCOCC5)cc4)c3CCN2C(=O)/C=C/c2c(-n3cnnn3)ccc(Cl)c2F)cc1. The Labute approximate surface area is 326 Å². The molecule has 0 aliphatic carbocycles. The topological polar surface area (TPSA) is 160 Å². The van der Waals surface area contributed by atoms with Crippen molar-refractivity contribution >= 4 is 41.2 Å². The smallest absolute Gasteiger partial charge is 0.335 e. The van der Waals surface area contributed by atoms with E-state index in [4.69, 9.17) is 16.3 Å². The lowest BCUT2D eigenvalue weighted by atomic mass is 9.83. The average molecular weight is 778 g/mol. The first-order valence-corrected chi connectivity index (χ1v) is 18.4. The number of nitrogens with one attached hydrogen (secondary N) is 1. The number of benzene rings is 4. The Morgan fingerprint density at radius 3 is 2.41 bits per heavy atom. The van der Waals surface area contributed by atoms with Gasteiger partial charge < -0.3 is 20.1 Å². The van der Waals surface area contributed by atoms with Crippen LogP contribution in [0.25, 0.3) is 22.9 Å². The monoisotopic (exact) mass is 777 g/mol. The van der Waals surface area contributed by atoms with E-state index < -0.39 is 23.7 Å². The fourth-order valence-corrected chi connectivity index (χ4v) is 7.24. The van der Waals surface area contributed by atoms with E-state index in [1.807, 2.05) is 30.3 Å². The van der Waals surface area contributed by atoms with Crippen molar-refractivity contribution in [1.82, 2.24) is 35.3 Å². The highest BCUT2D eigenvalue weighted by Gasteiger charge is 2.36. The van der Waals surface area contributed by atoms with Crippen LogP contribution >= 0.6 is 11.6 Å². The molecule has 286 valence electrons. The maximum atomic E-state index is 15.4. The lowest BCUT2D eigenvalue weighted by Crippen LogP contribution is -2.43. The van der Waals surface area contributed by atoms with E-state index in [-0.39, 0.29) is 46.5 Å². The highest BCUT2D eigenvalue weighted by molar-refractivity contribution is 6.31. The van der Waals surface area contributed by atoms with Gasteiger partial charge in [-0.3, -0.25) is 19.3 Å². The molecule has 56 heavy (non-hydrogen) atoms. The Morgan fingerprint density at radius 2 is 1.70 bits per heavy atom. The van der Waals surface area contributed by atoms with Gasteiger partial charge in [-0.05, 0) is 87.1 Å². The van der Waals surface area contributed by atoms with Crippen molar-refractivity contribution in [1.29, 1.82) is 0 Å². The molecule has 0 saturated carbocycles. The summed E-state index contributed by atoms with van der Waals surface area (Å²) in [5.74, 6) is -2.86. The molecule has 3 heterocycles. The summed E-state index contributed by atoms with van der Waals surface area (Å²) in [6.07, 6.45) is 4.11. The Hall–Kier alpha value is -6.09. The number of carbonyl (C=O) groups excluding carboxylic acids is 3. The summed E-state index contributed by atoms with van der Waals surface area (Å²) in [6.45, 7) is 4.50. The Bertz CT molecular complexity index is 2280. The van der Waals surface area contributed by atoms with Crippen LogP contribution in [0.1, 0.15) is 49.0 Å². The molecule has 15 heteroatoms. The number of tetrazole rings is 1. The van der Waals surface area contributed by atoms with Gasteiger partial charge in [0.05, 0.1) is 29.5 Å². The third kappa shape index (κ3) is 8.42. The van der Waals surface area contributed by atoms with Crippen LogP contribution in [0.4, 0.5) is 4.39 Å². The first kappa shape index (κ1) is 38.2. The summed E-state index contributed by atoms with van der Waals surface area (Å²) in [6, 6.07) is 20.8. The molecule has 0 spiro atoms. The van der Waals surface area contributed by atoms with Crippen molar-refractivity contribution in [2.75, 3.05) is 45.9 Å². The fourth-order valence-electron chi connectivity index (χ4n) is 7.08. The normalized spacial score (nSPS) is 15.8. The van der Waals surface area contributed by atoms with E-state index in [1.54, 1.807) is 24.3 Å². The maximum absolute atomic E-state index is 15.4. The van der Waals surface area contributed by atoms with E-state index in [1.165, 1.54) is 52.3 Å². The summed E-state index contributed by atoms with van der Waals surface area (Å²) in [4.78, 5) is 56.5. The predicted octanol–water partition coefficient (Wildman–Crippen LogP) is 4.83. The molecule has 1 fully saturated rings. The lowest BCUT2D eigenvalue weighted by molar-refractivity contribution is -0.136. The van der Waals surface area contributed by atoms with Gasteiger partial charge in [-0.25, -0.2) is 9.18 Å². The van der Waals surface area contributed by atoms with Gasteiger partial charge in [-0.1, -0.05) is 54.1 Å². The molecule has 4 aromatic carbocycles. The molecule has 1 unspecified atom stereocenters. The number of ether oxygens (including phenoxy) is 1. The maximum Gasteiger partial charge on any atom is 0.335 e. The van der Waals surface area contributed by atoms with Gasteiger partial charge in [0.15, 0.2) is 11.6 Å². The number of aromatic carboxylic acids is 1. The zero-order valence-corrected chi connectivity index (χ0v) is 30.9. The zero-order valence-electron chi connectivity index (χ0n) is 30.1. The summed E-state index contributed by atoms with van der Waals surface area (Å²) >= 11 is 6.11. The van der Waals surface area contributed by atoms with E-state index in [0.717, 1.165) is 36.3 Å². The molecule has 1 atom stereocenters. The molecule has 2 amide bonds. The first-order chi connectivity index (χ1) is 27.2. The Morgan fingerprint density at radius 1 is 0.946 bits per heavy atom. The molecule has 2 aliphatic rings. The number of nitrogens with zero attached hydrogens (tertiary/aromatic N) is 6. The molecule has 2 N–H and O–H groups in total. The highest BCUT2D eigenvalue weighted by atomic mass is 35.5. The lowest BCUT2D eigenvalue weighted by Gasteiger charge is -2.37. The molecule has 0 radical (unpaired) electrons. The van der Waals surface area contributed by atoms with Crippen molar-refractivity contribution in [3.63, 3.8) is 0 Å². The third-order valence-electron chi connectivity index (χ3n) is 9.96. The molecule has 13 nitrogen and oxygen atoms in total. The van der Waals surface area contributed by atoms with Crippen LogP contribution in [0.15, 0.2) is 91.3 Å². The number of aromatic nitrogens is 4. The van der Waals surface area contributed by atoms with Crippen LogP contribution in [0.5, 0.6) is 0 Å². The quantitative estimate of drug-likeness (QED) is 0.168. The molecular formula is C41H37ClFN7O6. The summed E-state index contributed by atoms with van der Waals surface area (Å²) in [5, 5.41) is 23.3. The molecule has 2 aliphatic heterocycles. The minimum Gasteiger partial charge on any atom is -0.478 e. The second-order valence-corrected chi connectivity index (χ2v) is 13.8. The fraction of sp³-hybridized carbons (Fsp3) is 0.244. The third-order valence-corrected chi connectivity index (χ3v) is 10.3. The van der Waals surface area contributed by atoms with Crippen LogP contribution in [0.2, 0.25) is 5.02 Å². The predicted molar refractivity (Wildman–Crippen MR) is 205 cm³/mol. The largest absolute Gasteiger partial charge is 0.478 e. The number of fused-ring (bicyclic) bond motifs is 1. The van der Waals surface area contributed by atoms with Crippen molar-refractivity contribution in [2.45, 2.75) is 18.9 Å². The van der Waals surface area contributed by atoms with Crippen LogP contribution < -0.4 is 5.32 Å². The summed E-state index contributed by atoms with van der Waals surface area (Å²) < 4.78 is 22.0. The number of hydrogen-bond donors (Lipinski definition) is 2. The minimum atomic E-state index is -1.09. The molecule has 1 aromatic heterocycles. The van der Waals surface area contributed by atoms with E-state index >= 15 is 4.39 Å². The van der Waals surface area contributed by atoms with Crippen LogP contribution in [0.3, 0.4) is 0 Å². The van der Waals surface area contributed by atoms with Gasteiger partial charge >= 0.3 is 5.97 Å². The van der Waals surface area contributed by atoms with Crippen molar-refractivity contribution in [3.05, 3.63) is 135 Å². The van der Waals surface area contributed by atoms with Gasteiger partial charge in [-0.15, -0.1) is 5.10 Å². The highest BCUT2D eigenvalue weighted by Crippen LogP contribution is 2.38. The second kappa shape index (κ2) is 17.1. The van der Waals surface area contributed by atoms with Gasteiger partial charge in [-0.2, -0.15) is 4.68 Å². The number of rotatable bonds is 12. The zero-order chi connectivity index (χ0) is 39.2. The number of carboxylic acid groups (broad SMARTS) is 1. The van der Waals surface area contributed by atoms with Crippen molar-refractivity contribution in [3.8, 4) is 16.8 Å². The first-order valence-electron chi connectivity index (χ1n) is 18.0. The molecular weight excluding hydrogens is 741 g/mol. The second-order valence-electron chi connectivity index (χ2n) is 13.4. The Balaban J connectivity index is 1.16. The molecule has 0 bridgehead atoms. The van der Waals surface area contributed by atoms with Crippen molar-refractivity contribution in [2.24, 2.45) is 0 Å². The van der Waals surface area contributed by atoms with Gasteiger partial charge in [0.25, 0.3) is 5.91 Å². The number of morpholine rings is 1. The summed E-state index contributed by atoms with van der Waals surface area (Å²) in [7, 11) is 0. The minimum absolute atomic E-state index is 0.0199. The van der Waals surface area contributed by atoms with E-state index in [0.29, 0.717) is 42.9 Å². The molecule has 7 rings (SSSR count). The van der Waals surface area contributed by atoms with Crippen LogP contribution in [-0.2, 0) is 27.2 Å². The molecule has 5 aromatic rings. The number of ketones is 1. The number of carboxylic acids is 1. The van der Waals surface area contributed by atoms with Gasteiger partial charge in [0, 0.05) is 56.3 Å². The number of carbonyl (C=O) groups is 4. The van der Waals surface area contributed by atoms with Crippen LogP contribution in [0, 0.1) is 5.82 Å². The number of Topliss-reactive ketones (excluding diaryl/α,β-unsaturated/α-hetero) is 1. The number of halogens is 2. The van der Waals surface area contributed by atoms with Crippen LogP contribution in [-0.4, -0.2) is 105 Å². The molecule has 1 saturated heterocycles.